The van der Waals surface area contributed by atoms with E-state index in [1.54, 1.807) is 16.1 Å². The molecule has 20 heavy (non-hydrogen) atoms. The summed E-state index contributed by atoms with van der Waals surface area (Å²) >= 11 is 1.77. The third-order valence-corrected chi connectivity index (χ3v) is 3.92. The molecule has 0 fully saturated rings. The molecule has 0 amide bonds. The molecule has 5 nitrogen and oxygen atoms in total. The first kappa shape index (κ1) is 13.0. The van der Waals surface area contributed by atoms with Crippen molar-refractivity contribution in [1.29, 1.82) is 0 Å². The molecule has 0 aliphatic heterocycles. The van der Waals surface area contributed by atoms with Crippen LogP contribution in [0.25, 0.3) is 11.4 Å². The second-order valence-electron chi connectivity index (χ2n) is 4.41. The Labute approximate surface area is 121 Å². The molecule has 1 aromatic carbocycles. The van der Waals surface area contributed by atoms with Crippen LogP contribution in [0.5, 0.6) is 0 Å². The highest BCUT2D eigenvalue weighted by atomic mass is 32.1. The van der Waals surface area contributed by atoms with Gasteiger partial charge in [-0.1, -0.05) is 30.3 Å². The van der Waals surface area contributed by atoms with E-state index in [1.165, 1.54) is 9.75 Å². The molecule has 0 spiro atoms. The summed E-state index contributed by atoms with van der Waals surface area (Å²) in [7, 11) is 1.95. The van der Waals surface area contributed by atoms with Crippen LogP contribution in [0.3, 0.4) is 0 Å². The lowest BCUT2D eigenvalue weighted by atomic mass is 10.2. The third kappa shape index (κ3) is 2.92. The van der Waals surface area contributed by atoms with E-state index in [9.17, 15) is 0 Å². The number of nitrogens with zero attached hydrogens (tertiary/aromatic N) is 4. The fraction of sp³-hybridized carbons (Fsp3) is 0.214. The van der Waals surface area contributed by atoms with E-state index in [0.717, 1.165) is 12.1 Å². The Balaban J connectivity index is 1.73. The van der Waals surface area contributed by atoms with Crippen molar-refractivity contribution >= 4 is 11.3 Å². The number of benzene rings is 1. The van der Waals surface area contributed by atoms with Crippen molar-refractivity contribution in [1.82, 2.24) is 25.5 Å². The Kier molecular flexibility index (Phi) is 3.85. The van der Waals surface area contributed by atoms with Crippen molar-refractivity contribution in [2.45, 2.75) is 13.1 Å². The van der Waals surface area contributed by atoms with Gasteiger partial charge in [-0.05, 0) is 24.4 Å². The smallest absolute Gasteiger partial charge is 0.204 e. The fourth-order valence-electron chi connectivity index (χ4n) is 1.93. The van der Waals surface area contributed by atoms with Crippen LogP contribution in [-0.4, -0.2) is 27.3 Å². The zero-order valence-corrected chi connectivity index (χ0v) is 12.0. The Hall–Kier alpha value is -2.05. The lowest BCUT2D eigenvalue weighted by Crippen LogP contribution is -2.03. The van der Waals surface area contributed by atoms with Gasteiger partial charge < -0.3 is 5.32 Å². The first-order valence-corrected chi connectivity index (χ1v) is 7.22. The average Bonchev–Trinajstić information content (AvgIpc) is 3.11. The lowest BCUT2D eigenvalue weighted by molar-refractivity contribution is 0.578. The van der Waals surface area contributed by atoms with Gasteiger partial charge in [0.25, 0.3) is 0 Å². The standard InChI is InChI=1S/C14H15N5S/c1-15-9-12-7-8-13(20-12)10-19-17-14(16-18-19)11-5-3-2-4-6-11/h2-8,15H,9-10H2,1H3. The molecule has 0 atom stereocenters. The monoisotopic (exact) mass is 285 g/mol. The maximum absolute atomic E-state index is 4.42. The number of rotatable bonds is 5. The molecule has 0 saturated heterocycles. The molecule has 0 unspecified atom stereocenters. The topological polar surface area (TPSA) is 55.6 Å². The molecular weight excluding hydrogens is 270 g/mol. The molecule has 0 aliphatic rings. The predicted octanol–water partition coefficient (Wildman–Crippen LogP) is 2.17. The van der Waals surface area contributed by atoms with Gasteiger partial charge in [0.1, 0.15) is 0 Å². The SMILES string of the molecule is CNCc1ccc(Cn2nnc(-c3ccccc3)n2)s1. The molecule has 0 bridgehead atoms. The third-order valence-electron chi connectivity index (χ3n) is 2.85. The molecular formula is C14H15N5S. The Morgan fingerprint density at radius 2 is 1.90 bits per heavy atom. The van der Waals surface area contributed by atoms with Crippen molar-refractivity contribution in [2.24, 2.45) is 0 Å². The average molecular weight is 285 g/mol. The van der Waals surface area contributed by atoms with E-state index in [4.69, 9.17) is 0 Å². The van der Waals surface area contributed by atoms with Crippen molar-refractivity contribution in [3.63, 3.8) is 0 Å². The minimum absolute atomic E-state index is 0.661. The van der Waals surface area contributed by atoms with Crippen LogP contribution in [0, 0.1) is 0 Å². The van der Waals surface area contributed by atoms with Gasteiger partial charge in [0.15, 0.2) is 0 Å². The van der Waals surface area contributed by atoms with Crippen LogP contribution in [0.2, 0.25) is 0 Å². The second kappa shape index (κ2) is 5.94. The van der Waals surface area contributed by atoms with E-state index in [2.05, 4.69) is 32.9 Å². The lowest BCUT2D eigenvalue weighted by Gasteiger charge is -1.95. The maximum atomic E-state index is 4.42. The van der Waals surface area contributed by atoms with Crippen molar-refractivity contribution < 1.29 is 0 Å². The largest absolute Gasteiger partial charge is 0.315 e. The molecule has 3 aromatic rings. The van der Waals surface area contributed by atoms with Gasteiger partial charge in [0.05, 0.1) is 6.54 Å². The molecule has 1 N–H and O–H groups in total. The molecule has 102 valence electrons. The number of nitrogens with one attached hydrogen (secondary N) is 1. The molecule has 2 heterocycles. The Morgan fingerprint density at radius 3 is 2.70 bits per heavy atom. The molecule has 0 aliphatic carbocycles. The summed E-state index contributed by atoms with van der Waals surface area (Å²) < 4.78 is 0. The van der Waals surface area contributed by atoms with Gasteiger partial charge in [0, 0.05) is 21.9 Å². The highest BCUT2D eigenvalue weighted by Gasteiger charge is 2.07. The zero-order chi connectivity index (χ0) is 13.8. The van der Waals surface area contributed by atoms with Crippen LogP contribution in [-0.2, 0) is 13.1 Å². The fourth-order valence-corrected chi connectivity index (χ4v) is 2.93. The van der Waals surface area contributed by atoms with E-state index in [1.807, 2.05) is 37.4 Å². The highest BCUT2D eigenvalue weighted by Crippen LogP contribution is 2.17. The summed E-state index contributed by atoms with van der Waals surface area (Å²) in [5, 5.41) is 15.8. The van der Waals surface area contributed by atoms with Crippen LogP contribution in [0.15, 0.2) is 42.5 Å². The first-order valence-electron chi connectivity index (χ1n) is 6.40. The second-order valence-corrected chi connectivity index (χ2v) is 5.66. The van der Waals surface area contributed by atoms with E-state index in [-0.39, 0.29) is 0 Å². The van der Waals surface area contributed by atoms with Gasteiger partial charge >= 0.3 is 0 Å². The molecule has 0 saturated carbocycles. The summed E-state index contributed by atoms with van der Waals surface area (Å²) in [6.07, 6.45) is 0. The predicted molar refractivity (Wildman–Crippen MR) is 79.4 cm³/mol. The van der Waals surface area contributed by atoms with Gasteiger partial charge in [-0.15, -0.1) is 21.5 Å². The molecule has 3 rings (SSSR count). The van der Waals surface area contributed by atoms with Gasteiger partial charge in [0.2, 0.25) is 5.82 Å². The maximum Gasteiger partial charge on any atom is 0.204 e. The quantitative estimate of drug-likeness (QED) is 0.780. The summed E-state index contributed by atoms with van der Waals surface area (Å²) in [6, 6.07) is 14.1. The van der Waals surface area contributed by atoms with Gasteiger partial charge in [-0.25, -0.2) is 0 Å². The van der Waals surface area contributed by atoms with Crippen LogP contribution in [0.1, 0.15) is 9.75 Å². The van der Waals surface area contributed by atoms with E-state index >= 15 is 0 Å². The Bertz CT molecular complexity index is 674. The first-order chi connectivity index (χ1) is 9.85. The zero-order valence-electron chi connectivity index (χ0n) is 11.2. The van der Waals surface area contributed by atoms with Crippen molar-refractivity contribution in [3.05, 3.63) is 52.2 Å². The number of thiophene rings is 1. The van der Waals surface area contributed by atoms with E-state index in [0.29, 0.717) is 12.4 Å². The summed E-state index contributed by atoms with van der Waals surface area (Å²) in [6.45, 7) is 1.55. The van der Waals surface area contributed by atoms with E-state index < -0.39 is 0 Å². The highest BCUT2D eigenvalue weighted by molar-refractivity contribution is 7.11. The minimum Gasteiger partial charge on any atom is -0.315 e. The van der Waals surface area contributed by atoms with Crippen molar-refractivity contribution in [2.75, 3.05) is 7.05 Å². The minimum atomic E-state index is 0.661. The summed E-state index contributed by atoms with van der Waals surface area (Å²) in [4.78, 5) is 4.18. The molecule has 0 radical (unpaired) electrons. The number of hydrogen-bond donors (Lipinski definition) is 1. The van der Waals surface area contributed by atoms with Gasteiger partial charge in [-0.2, -0.15) is 4.80 Å². The normalized spacial score (nSPS) is 10.8. The molecule has 2 aromatic heterocycles. The summed E-state index contributed by atoms with van der Waals surface area (Å²) in [5.74, 6) is 0.664. The summed E-state index contributed by atoms with van der Waals surface area (Å²) in [5.41, 5.74) is 0.987. The number of hydrogen-bond acceptors (Lipinski definition) is 5. The van der Waals surface area contributed by atoms with Crippen molar-refractivity contribution in [3.8, 4) is 11.4 Å². The van der Waals surface area contributed by atoms with Crippen LogP contribution in [0.4, 0.5) is 0 Å². The molecule has 6 heteroatoms. The van der Waals surface area contributed by atoms with Crippen LogP contribution < -0.4 is 5.32 Å². The number of tetrazole rings is 1. The van der Waals surface area contributed by atoms with Crippen LogP contribution >= 0.6 is 11.3 Å². The van der Waals surface area contributed by atoms with Gasteiger partial charge in [-0.3, -0.25) is 0 Å². The number of aromatic nitrogens is 4. The Morgan fingerprint density at radius 1 is 1.10 bits per heavy atom.